The fraction of sp³-hybridized carbons (Fsp3) is 0.0455. The van der Waals surface area contributed by atoms with Crippen LogP contribution in [-0.2, 0) is 0 Å². The van der Waals surface area contributed by atoms with Crippen LogP contribution in [0.15, 0.2) is 315 Å². The molecular weight excluding hydrogens is 1140 g/mol. The molecule has 0 aliphatic carbocycles. The zero-order valence-electron chi connectivity index (χ0n) is 52.7. The highest BCUT2D eigenvalue weighted by Crippen LogP contribution is 2.53. The Morgan fingerprint density at radius 3 is 1.03 bits per heavy atom. The summed E-state index contributed by atoms with van der Waals surface area (Å²) in [6.45, 7) is 8.93. The lowest BCUT2D eigenvalue weighted by Gasteiger charge is -2.30. The molecule has 4 aromatic heterocycles. The molecule has 446 valence electrons. The van der Waals surface area contributed by atoms with Gasteiger partial charge < -0.3 is 28.4 Å². The third kappa shape index (κ3) is 8.43. The molecule has 0 aliphatic rings. The molecule has 0 aliphatic heterocycles. The summed E-state index contributed by atoms with van der Waals surface area (Å²) < 4.78 is 5.04. The average molecular weight is 1210 g/mol. The Morgan fingerprint density at radius 2 is 0.574 bits per heavy atom. The third-order valence-corrected chi connectivity index (χ3v) is 19.5. The van der Waals surface area contributed by atoms with Gasteiger partial charge in [0.25, 0.3) is 0 Å². The Balaban J connectivity index is 0.794. The number of anilines is 12. The van der Waals surface area contributed by atoms with Crippen LogP contribution in [0.2, 0.25) is 0 Å². The number of fused-ring (bicyclic) bond motifs is 12. The molecule has 4 heterocycles. The quantitative estimate of drug-likeness (QED) is 0.115. The van der Waals surface area contributed by atoms with Crippen molar-refractivity contribution in [2.75, 3.05) is 19.6 Å². The van der Waals surface area contributed by atoms with Crippen molar-refractivity contribution in [2.45, 2.75) is 27.7 Å². The summed E-state index contributed by atoms with van der Waals surface area (Å²) in [6, 6.07) is 116. The first-order valence-electron chi connectivity index (χ1n) is 32.5. The highest BCUT2D eigenvalue weighted by Gasteiger charge is 2.30. The SMILES string of the molecule is Cc1cccc(N(c2ccccc2)c2cccc3c2c2cccc4c5c(N(c6ccccc6)c6cc(C)cc(-c7cccc(N(c8ccccc8)c8cccc9c8c8cccc%10c%11c(N(c%12ccccc%12)c%12ccccc%12C)cccc%11n9c%108)c7C)c6)cccc5n3c24)c1. The first kappa shape index (κ1) is 54.8. The fourth-order valence-electron chi connectivity index (χ4n) is 15.6. The lowest BCUT2D eigenvalue weighted by molar-refractivity contribution is 1.25. The zero-order chi connectivity index (χ0) is 62.7. The minimum atomic E-state index is 1.09. The van der Waals surface area contributed by atoms with Crippen LogP contribution in [0.5, 0.6) is 0 Å². The Kier molecular flexibility index (Phi) is 12.7. The number of benzene rings is 14. The molecule has 0 amide bonds. The number of nitrogens with zero attached hydrogens (tertiary/aromatic N) is 6. The van der Waals surface area contributed by atoms with Crippen molar-refractivity contribution in [3.63, 3.8) is 0 Å². The van der Waals surface area contributed by atoms with E-state index in [-0.39, 0.29) is 0 Å². The van der Waals surface area contributed by atoms with Crippen LogP contribution < -0.4 is 19.6 Å². The maximum Gasteiger partial charge on any atom is 0.0622 e. The van der Waals surface area contributed by atoms with E-state index < -0.39 is 0 Å². The van der Waals surface area contributed by atoms with Crippen LogP contribution in [0.3, 0.4) is 0 Å². The normalized spacial score (nSPS) is 11.8. The largest absolute Gasteiger partial charge is 0.310 e. The molecule has 0 atom stereocenters. The second kappa shape index (κ2) is 21.8. The molecule has 0 saturated carbocycles. The minimum Gasteiger partial charge on any atom is -0.310 e. The lowest BCUT2D eigenvalue weighted by atomic mass is 9.95. The number of aromatic nitrogens is 2. The summed E-state index contributed by atoms with van der Waals surface area (Å²) >= 11 is 0. The molecule has 6 nitrogen and oxygen atoms in total. The van der Waals surface area contributed by atoms with Crippen molar-refractivity contribution in [3.8, 4) is 11.1 Å². The zero-order valence-corrected chi connectivity index (χ0v) is 52.7. The summed E-state index contributed by atoms with van der Waals surface area (Å²) in [5, 5.41) is 9.75. The standard InChI is InChI=1S/C88H64N6/c1-57-27-19-37-66(54-57)89(62-29-9-5-10-30-62)75-45-23-49-79-83(75)69-39-20-40-70-84-76(46-24-50-80(84)93(79)87(69)70)90(63-31-11-6-12-32-63)67-55-58(2)53-61(56-67)68-38-22-44-74(60(68)4)92(65-35-15-8-16-36-65)78-48-26-52-82-86(78)72-42-21-41-71-85-77(47-25-51-81(85)94(82)88(71)72)91(64-33-13-7-14-34-64)73-43-18-17-28-59(73)3/h5-56H,1-4H3. The number of hydrogen-bond acceptors (Lipinski definition) is 4. The molecule has 0 fully saturated rings. The summed E-state index contributed by atoms with van der Waals surface area (Å²) in [5.74, 6) is 0. The van der Waals surface area contributed by atoms with E-state index in [1.807, 2.05) is 0 Å². The van der Waals surface area contributed by atoms with Crippen LogP contribution in [0.1, 0.15) is 22.3 Å². The van der Waals surface area contributed by atoms with E-state index >= 15 is 0 Å². The molecular formula is C88H64N6. The molecule has 0 bridgehead atoms. The van der Waals surface area contributed by atoms with Gasteiger partial charge in [-0.2, -0.15) is 0 Å². The average Bonchev–Trinajstić information content (AvgIpc) is 1.54. The van der Waals surface area contributed by atoms with Gasteiger partial charge in [0, 0.05) is 88.6 Å². The van der Waals surface area contributed by atoms with E-state index in [4.69, 9.17) is 0 Å². The molecule has 6 heteroatoms. The number of para-hydroxylation sites is 7. The van der Waals surface area contributed by atoms with Gasteiger partial charge in [-0.05, 0) is 195 Å². The predicted molar refractivity (Wildman–Crippen MR) is 399 cm³/mol. The predicted octanol–water partition coefficient (Wildman–Crippen LogP) is 24.8. The van der Waals surface area contributed by atoms with E-state index in [1.165, 1.54) is 98.5 Å². The lowest BCUT2D eigenvalue weighted by Crippen LogP contribution is -2.12. The first-order valence-corrected chi connectivity index (χ1v) is 32.5. The monoisotopic (exact) mass is 1200 g/mol. The van der Waals surface area contributed by atoms with E-state index in [1.54, 1.807) is 0 Å². The highest BCUT2D eigenvalue weighted by atomic mass is 15.2. The third-order valence-electron chi connectivity index (χ3n) is 19.5. The molecule has 0 unspecified atom stereocenters. The molecule has 0 N–H and O–H groups in total. The van der Waals surface area contributed by atoms with Crippen molar-refractivity contribution >= 4 is 144 Å². The molecule has 18 rings (SSSR count). The van der Waals surface area contributed by atoms with E-state index in [0.717, 1.165) is 79.3 Å². The number of aryl methyl sites for hydroxylation is 3. The summed E-state index contributed by atoms with van der Waals surface area (Å²) in [5.41, 5.74) is 27.7. The van der Waals surface area contributed by atoms with Crippen LogP contribution in [0, 0.1) is 27.7 Å². The van der Waals surface area contributed by atoms with Gasteiger partial charge in [-0.15, -0.1) is 0 Å². The smallest absolute Gasteiger partial charge is 0.0622 e. The van der Waals surface area contributed by atoms with Crippen molar-refractivity contribution < 1.29 is 0 Å². The Labute approximate surface area is 546 Å². The van der Waals surface area contributed by atoms with E-state index in [0.29, 0.717) is 0 Å². The van der Waals surface area contributed by atoms with Crippen LogP contribution in [-0.4, -0.2) is 8.80 Å². The molecule has 14 aromatic carbocycles. The van der Waals surface area contributed by atoms with Gasteiger partial charge in [0.15, 0.2) is 0 Å². The van der Waals surface area contributed by atoms with Crippen molar-refractivity contribution in [2.24, 2.45) is 0 Å². The van der Waals surface area contributed by atoms with Gasteiger partial charge in [-0.25, -0.2) is 0 Å². The number of hydrogen-bond donors (Lipinski definition) is 0. The van der Waals surface area contributed by atoms with Gasteiger partial charge >= 0.3 is 0 Å². The highest BCUT2D eigenvalue weighted by molar-refractivity contribution is 6.30. The fourth-order valence-corrected chi connectivity index (χ4v) is 15.6. The molecule has 0 saturated heterocycles. The van der Waals surface area contributed by atoms with Gasteiger partial charge in [0.1, 0.15) is 0 Å². The van der Waals surface area contributed by atoms with Gasteiger partial charge in [0.2, 0.25) is 0 Å². The summed E-state index contributed by atoms with van der Waals surface area (Å²) in [4.78, 5) is 9.84. The second-order valence-electron chi connectivity index (χ2n) is 25.1. The van der Waals surface area contributed by atoms with Crippen molar-refractivity contribution in [3.05, 3.63) is 338 Å². The Bertz CT molecular complexity index is 5930. The van der Waals surface area contributed by atoms with Gasteiger partial charge in [-0.3, -0.25) is 0 Å². The summed E-state index contributed by atoms with van der Waals surface area (Å²) in [6.07, 6.45) is 0. The van der Waals surface area contributed by atoms with Gasteiger partial charge in [-0.1, -0.05) is 182 Å². The van der Waals surface area contributed by atoms with Crippen LogP contribution in [0.4, 0.5) is 68.2 Å². The number of rotatable bonds is 13. The minimum absolute atomic E-state index is 1.09. The Morgan fingerprint density at radius 1 is 0.234 bits per heavy atom. The van der Waals surface area contributed by atoms with Gasteiger partial charge in [0.05, 0.1) is 55.8 Å². The van der Waals surface area contributed by atoms with E-state index in [2.05, 4.69) is 372 Å². The topological polar surface area (TPSA) is 21.8 Å². The van der Waals surface area contributed by atoms with Crippen molar-refractivity contribution in [1.29, 1.82) is 0 Å². The van der Waals surface area contributed by atoms with Crippen LogP contribution in [0.25, 0.3) is 87.3 Å². The maximum absolute atomic E-state index is 2.52. The maximum atomic E-state index is 2.52. The van der Waals surface area contributed by atoms with Crippen LogP contribution >= 0.6 is 0 Å². The molecule has 0 radical (unpaired) electrons. The Hall–Kier alpha value is -12.1. The van der Waals surface area contributed by atoms with Crippen molar-refractivity contribution in [1.82, 2.24) is 8.80 Å². The molecule has 94 heavy (non-hydrogen) atoms. The molecule has 0 spiro atoms. The second-order valence-corrected chi connectivity index (χ2v) is 25.1. The first-order chi connectivity index (χ1) is 46.4. The summed E-state index contributed by atoms with van der Waals surface area (Å²) in [7, 11) is 0. The van der Waals surface area contributed by atoms with E-state index in [9.17, 15) is 0 Å². The molecule has 18 aromatic rings.